The van der Waals surface area contributed by atoms with Crippen LogP contribution in [0.2, 0.25) is 0 Å². The molecule has 20 heavy (non-hydrogen) atoms. The fraction of sp³-hybridized carbons (Fsp3) is 0.200. The van der Waals surface area contributed by atoms with E-state index in [0.29, 0.717) is 10.2 Å². The standard InChI is InChI=1S/C15H15BrN2OS/c1-10(9-11-4-6-12(16)7-5-11)18-14(19)13-3-2-8-17-15(13)20/h2-8,10H,9H2,1H3,(H,17,20)(H,18,19). The van der Waals surface area contributed by atoms with Crippen molar-refractivity contribution in [3.8, 4) is 0 Å². The van der Waals surface area contributed by atoms with E-state index in [1.54, 1.807) is 18.3 Å². The number of nitrogens with one attached hydrogen (secondary N) is 2. The molecule has 1 aromatic heterocycles. The SMILES string of the molecule is CC(Cc1ccc(Br)cc1)NC(=O)c1ccc[nH]c1=S. The van der Waals surface area contributed by atoms with Crippen LogP contribution in [-0.2, 0) is 6.42 Å². The second kappa shape index (κ2) is 6.81. The number of hydrogen-bond donors (Lipinski definition) is 2. The molecule has 1 heterocycles. The first-order valence-electron chi connectivity index (χ1n) is 6.29. The number of pyridine rings is 1. The van der Waals surface area contributed by atoms with Gasteiger partial charge in [0.1, 0.15) is 4.64 Å². The summed E-state index contributed by atoms with van der Waals surface area (Å²) in [7, 11) is 0. The summed E-state index contributed by atoms with van der Waals surface area (Å²) in [6.45, 7) is 1.98. The zero-order valence-corrected chi connectivity index (χ0v) is 13.4. The van der Waals surface area contributed by atoms with Crippen LogP contribution in [0.15, 0.2) is 47.1 Å². The molecule has 0 bridgehead atoms. The molecule has 2 aromatic rings. The molecule has 5 heteroatoms. The summed E-state index contributed by atoms with van der Waals surface area (Å²) < 4.78 is 1.51. The maximum absolute atomic E-state index is 12.1. The van der Waals surface area contributed by atoms with Gasteiger partial charge in [0, 0.05) is 16.7 Å². The molecule has 0 saturated heterocycles. The molecule has 2 rings (SSSR count). The van der Waals surface area contributed by atoms with Crippen LogP contribution < -0.4 is 5.32 Å². The number of rotatable bonds is 4. The Balaban J connectivity index is 1.99. The zero-order valence-electron chi connectivity index (χ0n) is 11.0. The molecule has 1 unspecified atom stereocenters. The first-order valence-corrected chi connectivity index (χ1v) is 7.49. The number of halogens is 1. The number of H-pyrrole nitrogens is 1. The van der Waals surface area contributed by atoms with Crippen LogP contribution >= 0.6 is 28.1 Å². The highest BCUT2D eigenvalue weighted by molar-refractivity contribution is 9.10. The van der Waals surface area contributed by atoms with Crippen molar-refractivity contribution in [2.24, 2.45) is 0 Å². The second-order valence-electron chi connectivity index (χ2n) is 4.62. The number of aromatic amines is 1. The quantitative estimate of drug-likeness (QED) is 0.822. The van der Waals surface area contributed by atoms with E-state index < -0.39 is 0 Å². The van der Waals surface area contributed by atoms with Crippen LogP contribution in [0.4, 0.5) is 0 Å². The highest BCUT2D eigenvalue weighted by Crippen LogP contribution is 2.12. The maximum atomic E-state index is 12.1. The van der Waals surface area contributed by atoms with Gasteiger partial charge in [-0.25, -0.2) is 0 Å². The number of amides is 1. The van der Waals surface area contributed by atoms with Crippen LogP contribution in [0.5, 0.6) is 0 Å². The third-order valence-corrected chi connectivity index (χ3v) is 3.76. The van der Waals surface area contributed by atoms with Gasteiger partial charge >= 0.3 is 0 Å². The average Bonchev–Trinajstić information content (AvgIpc) is 2.41. The monoisotopic (exact) mass is 350 g/mol. The Kier molecular flexibility index (Phi) is 5.09. The molecule has 2 N–H and O–H groups in total. The molecule has 0 spiro atoms. The molecular weight excluding hydrogens is 336 g/mol. The van der Waals surface area contributed by atoms with Crippen molar-refractivity contribution < 1.29 is 4.79 Å². The molecule has 0 radical (unpaired) electrons. The minimum atomic E-state index is -0.142. The van der Waals surface area contributed by atoms with Gasteiger partial charge in [-0.05, 0) is 43.2 Å². The van der Waals surface area contributed by atoms with Crippen molar-refractivity contribution in [3.05, 3.63) is 62.8 Å². The minimum Gasteiger partial charge on any atom is -0.352 e. The van der Waals surface area contributed by atoms with Crippen molar-refractivity contribution in [3.63, 3.8) is 0 Å². The Morgan fingerprint density at radius 2 is 2.05 bits per heavy atom. The zero-order chi connectivity index (χ0) is 14.5. The normalized spacial score (nSPS) is 11.9. The molecule has 1 atom stereocenters. The molecule has 1 aromatic carbocycles. The molecule has 0 aliphatic heterocycles. The smallest absolute Gasteiger partial charge is 0.254 e. The second-order valence-corrected chi connectivity index (χ2v) is 5.94. The van der Waals surface area contributed by atoms with Crippen LogP contribution in [0, 0.1) is 4.64 Å². The van der Waals surface area contributed by atoms with E-state index in [-0.39, 0.29) is 11.9 Å². The first kappa shape index (κ1) is 14.9. The van der Waals surface area contributed by atoms with Crippen molar-refractivity contribution >= 4 is 34.1 Å². The maximum Gasteiger partial charge on any atom is 0.254 e. The fourth-order valence-corrected chi connectivity index (χ4v) is 2.42. The highest BCUT2D eigenvalue weighted by atomic mass is 79.9. The number of benzene rings is 1. The van der Waals surface area contributed by atoms with Gasteiger partial charge in [0.15, 0.2) is 0 Å². The summed E-state index contributed by atoms with van der Waals surface area (Å²) >= 11 is 8.51. The molecule has 1 amide bonds. The lowest BCUT2D eigenvalue weighted by Gasteiger charge is -2.14. The predicted molar refractivity (Wildman–Crippen MR) is 86.4 cm³/mol. The molecular formula is C15H15BrN2OS. The Morgan fingerprint density at radius 1 is 1.35 bits per heavy atom. The van der Waals surface area contributed by atoms with E-state index in [2.05, 4.69) is 26.2 Å². The summed E-state index contributed by atoms with van der Waals surface area (Å²) in [4.78, 5) is 15.0. The third-order valence-electron chi connectivity index (χ3n) is 2.90. The van der Waals surface area contributed by atoms with Gasteiger partial charge in [-0.1, -0.05) is 40.3 Å². The van der Waals surface area contributed by atoms with Gasteiger partial charge in [0.05, 0.1) is 5.56 Å². The van der Waals surface area contributed by atoms with Gasteiger partial charge in [-0.15, -0.1) is 0 Å². The Bertz CT molecular complexity index is 651. The van der Waals surface area contributed by atoms with E-state index in [0.717, 1.165) is 10.9 Å². The van der Waals surface area contributed by atoms with Crippen molar-refractivity contribution in [2.45, 2.75) is 19.4 Å². The van der Waals surface area contributed by atoms with Crippen LogP contribution in [0.1, 0.15) is 22.8 Å². The molecule has 0 aliphatic rings. The minimum absolute atomic E-state index is 0.0401. The molecule has 104 valence electrons. The highest BCUT2D eigenvalue weighted by Gasteiger charge is 2.11. The van der Waals surface area contributed by atoms with Gasteiger partial charge in [-0.2, -0.15) is 0 Å². The number of aromatic nitrogens is 1. The summed E-state index contributed by atoms with van der Waals surface area (Å²) in [6.07, 6.45) is 2.49. The lowest BCUT2D eigenvalue weighted by Crippen LogP contribution is -2.34. The van der Waals surface area contributed by atoms with Crippen molar-refractivity contribution in [1.82, 2.24) is 10.3 Å². The fourth-order valence-electron chi connectivity index (χ4n) is 1.93. The van der Waals surface area contributed by atoms with E-state index >= 15 is 0 Å². The van der Waals surface area contributed by atoms with E-state index in [1.807, 2.05) is 31.2 Å². The van der Waals surface area contributed by atoms with E-state index in [4.69, 9.17) is 12.2 Å². The Hall–Kier alpha value is -1.46. The molecule has 0 aliphatic carbocycles. The third kappa shape index (κ3) is 4.02. The molecule has 3 nitrogen and oxygen atoms in total. The predicted octanol–water partition coefficient (Wildman–Crippen LogP) is 3.87. The number of hydrogen-bond acceptors (Lipinski definition) is 2. The average molecular weight is 351 g/mol. The Labute approximate surface area is 131 Å². The van der Waals surface area contributed by atoms with E-state index in [9.17, 15) is 4.79 Å². The van der Waals surface area contributed by atoms with Crippen LogP contribution in [0.3, 0.4) is 0 Å². The Morgan fingerprint density at radius 3 is 2.70 bits per heavy atom. The van der Waals surface area contributed by atoms with Crippen molar-refractivity contribution in [2.75, 3.05) is 0 Å². The number of carbonyl (C=O) groups is 1. The topological polar surface area (TPSA) is 44.9 Å². The molecule has 0 fully saturated rings. The molecule has 0 saturated carbocycles. The van der Waals surface area contributed by atoms with Crippen LogP contribution in [-0.4, -0.2) is 16.9 Å². The summed E-state index contributed by atoms with van der Waals surface area (Å²) in [5.41, 5.74) is 1.68. The van der Waals surface area contributed by atoms with Gasteiger partial charge < -0.3 is 10.3 Å². The summed E-state index contributed by atoms with van der Waals surface area (Å²) in [5.74, 6) is -0.142. The largest absolute Gasteiger partial charge is 0.352 e. The lowest BCUT2D eigenvalue weighted by molar-refractivity contribution is 0.0939. The van der Waals surface area contributed by atoms with Gasteiger partial charge in [0.25, 0.3) is 5.91 Å². The first-order chi connectivity index (χ1) is 9.56. The van der Waals surface area contributed by atoms with E-state index in [1.165, 1.54) is 5.56 Å². The summed E-state index contributed by atoms with van der Waals surface area (Å²) in [6, 6.07) is 11.6. The van der Waals surface area contributed by atoms with Gasteiger partial charge in [-0.3, -0.25) is 4.79 Å². The van der Waals surface area contributed by atoms with Gasteiger partial charge in [0.2, 0.25) is 0 Å². The van der Waals surface area contributed by atoms with Crippen LogP contribution in [0.25, 0.3) is 0 Å². The number of carbonyl (C=O) groups excluding carboxylic acids is 1. The van der Waals surface area contributed by atoms with Crippen molar-refractivity contribution in [1.29, 1.82) is 0 Å². The lowest BCUT2D eigenvalue weighted by atomic mass is 10.1. The summed E-state index contributed by atoms with van der Waals surface area (Å²) in [5, 5.41) is 2.96.